The Labute approximate surface area is 116 Å². The lowest BCUT2D eigenvalue weighted by Gasteiger charge is -2.06. The molecule has 6 heteroatoms. The van der Waals surface area contributed by atoms with Crippen LogP contribution in [0.15, 0.2) is 16.8 Å². The molecular formula is C13H14ClN3O2. The molecule has 2 heterocycles. The Kier molecular flexibility index (Phi) is 3.85. The fourth-order valence-corrected chi connectivity index (χ4v) is 2.00. The van der Waals surface area contributed by atoms with Gasteiger partial charge in [-0.2, -0.15) is 0 Å². The summed E-state index contributed by atoms with van der Waals surface area (Å²) < 4.78 is 5.03. The van der Waals surface area contributed by atoms with Crippen molar-refractivity contribution in [1.29, 1.82) is 0 Å². The molecule has 0 bridgehead atoms. The largest absolute Gasteiger partial charge is 0.361 e. The number of aryl methyl sites for hydroxylation is 3. The summed E-state index contributed by atoms with van der Waals surface area (Å²) in [7, 11) is 0. The molecule has 2 aromatic heterocycles. The molecule has 0 fully saturated rings. The van der Waals surface area contributed by atoms with E-state index in [-0.39, 0.29) is 5.91 Å². The Morgan fingerprint density at radius 3 is 2.74 bits per heavy atom. The van der Waals surface area contributed by atoms with Crippen LogP contribution in [-0.4, -0.2) is 16.0 Å². The third kappa shape index (κ3) is 2.93. The van der Waals surface area contributed by atoms with Crippen molar-refractivity contribution in [1.82, 2.24) is 15.5 Å². The molecule has 5 nitrogen and oxygen atoms in total. The summed E-state index contributed by atoms with van der Waals surface area (Å²) >= 11 is 6.02. The predicted octanol–water partition coefficient (Wildman–Crippen LogP) is 2.58. The molecule has 0 saturated carbocycles. The number of pyridine rings is 1. The highest BCUT2D eigenvalue weighted by molar-refractivity contribution is 6.33. The smallest absolute Gasteiger partial charge is 0.254 e. The van der Waals surface area contributed by atoms with Crippen LogP contribution in [0.1, 0.15) is 33.1 Å². The Balaban J connectivity index is 2.10. The van der Waals surface area contributed by atoms with Gasteiger partial charge in [0.2, 0.25) is 0 Å². The van der Waals surface area contributed by atoms with Crippen LogP contribution >= 0.6 is 11.6 Å². The van der Waals surface area contributed by atoms with Crippen LogP contribution in [0, 0.1) is 20.8 Å². The van der Waals surface area contributed by atoms with Crippen molar-refractivity contribution in [2.24, 2.45) is 0 Å². The lowest BCUT2D eigenvalue weighted by Crippen LogP contribution is -2.23. The molecule has 0 atom stereocenters. The van der Waals surface area contributed by atoms with E-state index in [2.05, 4.69) is 15.5 Å². The second-order valence-corrected chi connectivity index (χ2v) is 4.70. The quantitative estimate of drug-likeness (QED) is 0.938. The molecule has 1 N–H and O–H groups in total. The van der Waals surface area contributed by atoms with Gasteiger partial charge in [-0.1, -0.05) is 16.8 Å². The first-order valence-electron chi connectivity index (χ1n) is 5.81. The lowest BCUT2D eigenvalue weighted by molar-refractivity contribution is 0.0950. The van der Waals surface area contributed by atoms with E-state index < -0.39 is 0 Å². The zero-order valence-electron chi connectivity index (χ0n) is 11.0. The number of nitrogens with zero attached hydrogens (tertiary/aromatic N) is 2. The van der Waals surface area contributed by atoms with Crippen molar-refractivity contribution in [3.63, 3.8) is 0 Å². The first-order chi connectivity index (χ1) is 8.99. The van der Waals surface area contributed by atoms with Crippen LogP contribution in [-0.2, 0) is 6.54 Å². The van der Waals surface area contributed by atoms with E-state index in [0.717, 1.165) is 17.0 Å². The fraction of sp³-hybridized carbons (Fsp3) is 0.308. The molecule has 0 aliphatic carbocycles. The van der Waals surface area contributed by atoms with E-state index in [1.54, 1.807) is 6.07 Å². The number of amides is 1. The molecular weight excluding hydrogens is 266 g/mol. The normalized spacial score (nSPS) is 10.5. The minimum absolute atomic E-state index is 0.266. The summed E-state index contributed by atoms with van der Waals surface area (Å²) in [6, 6.07) is 1.66. The molecule has 0 unspecified atom stereocenters. The SMILES string of the molecule is Cc1cc(Cl)c(C(=O)NCc2c(C)noc2C)cn1. The number of hydrogen-bond donors (Lipinski definition) is 1. The molecule has 100 valence electrons. The molecule has 0 spiro atoms. The molecule has 0 saturated heterocycles. The number of carbonyl (C=O) groups excluding carboxylic acids is 1. The summed E-state index contributed by atoms with van der Waals surface area (Å²) in [6.45, 7) is 5.81. The summed E-state index contributed by atoms with van der Waals surface area (Å²) in [5, 5.41) is 7.00. The van der Waals surface area contributed by atoms with E-state index in [1.807, 2.05) is 20.8 Å². The molecule has 0 aliphatic rings. The van der Waals surface area contributed by atoms with Crippen LogP contribution < -0.4 is 5.32 Å². The zero-order chi connectivity index (χ0) is 14.0. The van der Waals surface area contributed by atoms with Gasteiger partial charge in [0.1, 0.15) is 5.76 Å². The number of hydrogen-bond acceptors (Lipinski definition) is 4. The number of halogens is 1. The highest BCUT2D eigenvalue weighted by atomic mass is 35.5. The maximum absolute atomic E-state index is 12.0. The monoisotopic (exact) mass is 279 g/mol. The Morgan fingerprint density at radius 2 is 2.16 bits per heavy atom. The van der Waals surface area contributed by atoms with Gasteiger partial charge in [0.05, 0.1) is 16.3 Å². The number of nitrogens with one attached hydrogen (secondary N) is 1. The van der Waals surface area contributed by atoms with Crippen molar-refractivity contribution in [3.05, 3.63) is 45.6 Å². The maximum Gasteiger partial charge on any atom is 0.254 e. The average Bonchev–Trinajstić information content (AvgIpc) is 2.66. The molecule has 2 rings (SSSR count). The van der Waals surface area contributed by atoms with Crippen LogP contribution in [0.2, 0.25) is 5.02 Å². The van der Waals surface area contributed by atoms with Crippen molar-refractivity contribution in [2.75, 3.05) is 0 Å². The van der Waals surface area contributed by atoms with Gasteiger partial charge in [0.15, 0.2) is 0 Å². The van der Waals surface area contributed by atoms with Gasteiger partial charge in [0, 0.05) is 24.0 Å². The van der Waals surface area contributed by atoms with Gasteiger partial charge >= 0.3 is 0 Å². The second-order valence-electron chi connectivity index (χ2n) is 4.29. The third-order valence-corrected chi connectivity index (χ3v) is 3.15. The first-order valence-corrected chi connectivity index (χ1v) is 6.19. The molecule has 0 aromatic carbocycles. The van der Waals surface area contributed by atoms with E-state index in [9.17, 15) is 4.79 Å². The average molecular weight is 280 g/mol. The van der Waals surface area contributed by atoms with Crippen molar-refractivity contribution >= 4 is 17.5 Å². The zero-order valence-corrected chi connectivity index (χ0v) is 11.7. The lowest BCUT2D eigenvalue weighted by atomic mass is 10.2. The second kappa shape index (κ2) is 5.40. The van der Waals surface area contributed by atoms with E-state index in [1.165, 1.54) is 6.20 Å². The molecule has 19 heavy (non-hydrogen) atoms. The van der Waals surface area contributed by atoms with Gasteiger partial charge < -0.3 is 9.84 Å². The summed E-state index contributed by atoms with van der Waals surface area (Å²) in [6.07, 6.45) is 1.47. The standard InChI is InChI=1S/C13H14ClN3O2/c1-7-4-12(14)11(6-15-7)13(18)16-5-10-8(2)17-19-9(10)3/h4,6H,5H2,1-3H3,(H,16,18). The number of rotatable bonds is 3. The summed E-state index contributed by atoms with van der Waals surface area (Å²) in [5.41, 5.74) is 2.78. The van der Waals surface area contributed by atoms with Crippen LogP contribution in [0.3, 0.4) is 0 Å². The molecule has 0 radical (unpaired) electrons. The Bertz CT molecular complexity index is 603. The maximum atomic E-state index is 12.0. The van der Waals surface area contributed by atoms with Crippen molar-refractivity contribution < 1.29 is 9.32 Å². The summed E-state index contributed by atoms with van der Waals surface area (Å²) in [4.78, 5) is 16.1. The van der Waals surface area contributed by atoms with Gasteiger partial charge in [-0.05, 0) is 26.8 Å². The van der Waals surface area contributed by atoms with E-state index >= 15 is 0 Å². The van der Waals surface area contributed by atoms with Crippen molar-refractivity contribution in [2.45, 2.75) is 27.3 Å². The van der Waals surface area contributed by atoms with E-state index in [0.29, 0.717) is 22.9 Å². The van der Waals surface area contributed by atoms with Gasteiger partial charge in [-0.3, -0.25) is 9.78 Å². The van der Waals surface area contributed by atoms with Gasteiger partial charge in [-0.25, -0.2) is 0 Å². The van der Waals surface area contributed by atoms with Crippen molar-refractivity contribution in [3.8, 4) is 0 Å². The highest BCUT2D eigenvalue weighted by Crippen LogP contribution is 2.16. The topological polar surface area (TPSA) is 68.0 Å². The highest BCUT2D eigenvalue weighted by Gasteiger charge is 2.14. The minimum Gasteiger partial charge on any atom is -0.361 e. The van der Waals surface area contributed by atoms with E-state index in [4.69, 9.17) is 16.1 Å². The van der Waals surface area contributed by atoms with Gasteiger partial charge in [0.25, 0.3) is 5.91 Å². The third-order valence-electron chi connectivity index (χ3n) is 2.84. The van der Waals surface area contributed by atoms with Crippen LogP contribution in [0.4, 0.5) is 0 Å². The number of carbonyl (C=O) groups is 1. The Hall–Kier alpha value is -1.88. The first kappa shape index (κ1) is 13.5. The molecule has 2 aromatic rings. The summed E-state index contributed by atoms with van der Waals surface area (Å²) in [5.74, 6) is 0.434. The molecule has 1 amide bonds. The van der Waals surface area contributed by atoms with Crippen LogP contribution in [0.25, 0.3) is 0 Å². The van der Waals surface area contributed by atoms with Gasteiger partial charge in [-0.15, -0.1) is 0 Å². The van der Waals surface area contributed by atoms with Crippen LogP contribution in [0.5, 0.6) is 0 Å². The Morgan fingerprint density at radius 1 is 1.42 bits per heavy atom. The number of aromatic nitrogens is 2. The minimum atomic E-state index is -0.266. The molecule has 0 aliphatic heterocycles. The fourth-order valence-electron chi connectivity index (χ4n) is 1.71. The predicted molar refractivity (Wildman–Crippen MR) is 71.1 cm³/mol.